The van der Waals surface area contributed by atoms with Crippen LogP contribution in [0.1, 0.15) is 33.7 Å². The molecular formula is C13H18BrN5. The third kappa shape index (κ3) is 2.78. The number of tetrazole rings is 1. The van der Waals surface area contributed by atoms with Crippen LogP contribution in [0, 0.1) is 5.41 Å². The number of hydrogen-bond acceptors (Lipinski definition) is 4. The lowest BCUT2D eigenvalue weighted by Crippen LogP contribution is -2.23. The van der Waals surface area contributed by atoms with E-state index in [9.17, 15) is 0 Å². The fraction of sp³-hybridized carbons (Fsp3) is 0.462. The smallest absolute Gasteiger partial charge is 0.182 e. The van der Waals surface area contributed by atoms with E-state index in [1.807, 2.05) is 22.9 Å². The Morgan fingerprint density at radius 3 is 2.58 bits per heavy atom. The highest BCUT2D eigenvalue weighted by molar-refractivity contribution is 9.10. The summed E-state index contributed by atoms with van der Waals surface area (Å²) in [6.07, 6.45) is 0. The molecule has 0 amide bonds. The van der Waals surface area contributed by atoms with Crippen LogP contribution in [0.2, 0.25) is 0 Å². The number of halogens is 1. The lowest BCUT2D eigenvalue weighted by atomic mass is 9.88. The summed E-state index contributed by atoms with van der Waals surface area (Å²) in [5, 5.41) is 12.0. The van der Waals surface area contributed by atoms with Gasteiger partial charge >= 0.3 is 0 Å². The van der Waals surface area contributed by atoms with Crippen LogP contribution < -0.4 is 5.73 Å². The summed E-state index contributed by atoms with van der Waals surface area (Å²) in [4.78, 5) is 0. The molecule has 1 atom stereocenters. The predicted molar refractivity (Wildman–Crippen MR) is 79.5 cm³/mol. The second kappa shape index (κ2) is 4.92. The maximum absolute atomic E-state index is 5.91. The molecule has 0 aliphatic heterocycles. The highest BCUT2D eigenvalue weighted by atomic mass is 79.9. The fourth-order valence-corrected chi connectivity index (χ4v) is 1.94. The fourth-order valence-electron chi connectivity index (χ4n) is 1.69. The van der Waals surface area contributed by atoms with Gasteiger partial charge in [0.2, 0.25) is 0 Å². The van der Waals surface area contributed by atoms with E-state index in [1.165, 1.54) is 0 Å². The van der Waals surface area contributed by atoms with E-state index >= 15 is 0 Å². The zero-order valence-electron chi connectivity index (χ0n) is 11.6. The molecule has 2 aromatic rings. The normalized spacial score (nSPS) is 13.5. The second-order valence-corrected chi connectivity index (χ2v) is 6.58. The van der Waals surface area contributed by atoms with Crippen LogP contribution in [-0.4, -0.2) is 20.2 Å². The number of rotatable bonds is 2. The van der Waals surface area contributed by atoms with E-state index in [4.69, 9.17) is 5.73 Å². The van der Waals surface area contributed by atoms with Gasteiger partial charge in [-0.3, -0.25) is 0 Å². The van der Waals surface area contributed by atoms with E-state index in [1.54, 1.807) is 0 Å². The monoisotopic (exact) mass is 323 g/mol. The van der Waals surface area contributed by atoms with Crippen LogP contribution >= 0.6 is 15.9 Å². The highest BCUT2D eigenvalue weighted by Crippen LogP contribution is 2.33. The van der Waals surface area contributed by atoms with Crippen LogP contribution in [-0.2, 0) is 0 Å². The lowest BCUT2D eigenvalue weighted by Gasteiger charge is -2.27. The molecule has 6 heteroatoms. The van der Waals surface area contributed by atoms with Crippen molar-refractivity contribution in [3.63, 3.8) is 0 Å². The number of nitrogen functional groups attached to an aromatic ring is 1. The summed E-state index contributed by atoms with van der Waals surface area (Å²) in [7, 11) is 0. The Bertz CT molecular complexity index is 585. The first kappa shape index (κ1) is 14.0. The zero-order chi connectivity index (χ0) is 14.2. The molecule has 1 aromatic heterocycles. The standard InChI is InChI=1S/C13H18BrN5/c1-8(13(2,3)4)19-12(16-17-18-19)9-5-6-10(14)11(15)7-9/h5-8H,15H2,1-4H3. The van der Waals surface area contributed by atoms with Crippen molar-refractivity contribution in [2.75, 3.05) is 5.73 Å². The number of benzene rings is 1. The van der Waals surface area contributed by atoms with Gasteiger partial charge in [0.1, 0.15) is 0 Å². The number of aromatic nitrogens is 4. The molecule has 0 aliphatic rings. The van der Waals surface area contributed by atoms with Gasteiger partial charge in [0.25, 0.3) is 0 Å². The van der Waals surface area contributed by atoms with Crippen molar-refractivity contribution in [3.05, 3.63) is 22.7 Å². The van der Waals surface area contributed by atoms with Crippen molar-refractivity contribution in [3.8, 4) is 11.4 Å². The number of nitrogens with zero attached hydrogens (tertiary/aromatic N) is 4. The largest absolute Gasteiger partial charge is 0.398 e. The topological polar surface area (TPSA) is 69.6 Å². The molecule has 1 unspecified atom stereocenters. The summed E-state index contributed by atoms with van der Waals surface area (Å²) in [6, 6.07) is 5.92. The molecule has 5 nitrogen and oxygen atoms in total. The third-order valence-corrected chi connectivity index (χ3v) is 4.09. The van der Waals surface area contributed by atoms with E-state index in [0.29, 0.717) is 5.69 Å². The molecule has 1 heterocycles. The number of hydrogen-bond donors (Lipinski definition) is 1. The van der Waals surface area contributed by atoms with Gasteiger partial charge < -0.3 is 5.73 Å². The average molecular weight is 324 g/mol. The van der Waals surface area contributed by atoms with Crippen LogP contribution in [0.4, 0.5) is 5.69 Å². The Morgan fingerprint density at radius 2 is 2.00 bits per heavy atom. The molecule has 0 bridgehead atoms. The molecule has 102 valence electrons. The van der Waals surface area contributed by atoms with E-state index < -0.39 is 0 Å². The van der Waals surface area contributed by atoms with Crippen molar-refractivity contribution in [2.45, 2.75) is 33.7 Å². The molecule has 0 saturated carbocycles. The van der Waals surface area contributed by atoms with Crippen LogP contribution in [0.3, 0.4) is 0 Å². The number of anilines is 1. The minimum atomic E-state index is 0.0744. The Labute approximate surface area is 121 Å². The molecule has 0 spiro atoms. The molecule has 2 rings (SSSR count). The summed E-state index contributed by atoms with van der Waals surface area (Å²) >= 11 is 3.39. The Morgan fingerprint density at radius 1 is 1.32 bits per heavy atom. The summed E-state index contributed by atoms with van der Waals surface area (Å²) < 4.78 is 2.72. The van der Waals surface area contributed by atoms with Crippen molar-refractivity contribution in [1.29, 1.82) is 0 Å². The summed E-state index contributed by atoms with van der Waals surface area (Å²) in [5.74, 6) is 0.738. The molecule has 0 aliphatic carbocycles. The second-order valence-electron chi connectivity index (χ2n) is 5.73. The highest BCUT2D eigenvalue weighted by Gasteiger charge is 2.25. The van der Waals surface area contributed by atoms with Crippen LogP contribution in [0.25, 0.3) is 11.4 Å². The molecule has 19 heavy (non-hydrogen) atoms. The van der Waals surface area contributed by atoms with Gasteiger partial charge in [-0.05, 0) is 56.9 Å². The number of nitrogens with two attached hydrogens (primary N) is 1. The third-order valence-electron chi connectivity index (χ3n) is 3.37. The van der Waals surface area contributed by atoms with Crippen LogP contribution in [0.5, 0.6) is 0 Å². The van der Waals surface area contributed by atoms with Gasteiger partial charge in [0, 0.05) is 15.7 Å². The molecule has 2 N–H and O–H groups in total. The Hall–Kier alpha value is -1.43. The van der Waals surface area contributed by atoms with Crippen molar-refractivity contribution in [2.24, 2.45) is 5.41 Å². The minimum absolute atomic E-state index is 0.0744. The van der Waals surface area contributed by atoms with Gasteiger partial charge in [-0.1, -0.05) is 20.8 Å². The minimum Gasteiger partial charge on any atom is -0.398 e. The summed E-state index contributed by atoms with van der Waals surface area (Å²) in [6.45, 7) is 8.61. The molecule has 0 saturated heterocycles. The van der Waals surface area contributed by atoms with Crippen molar-refractivity contribution in [1.82, 2.24) is 20.2 Å². The van der Waals surface area contributed by atoms with Gasteiger partial charge in [0.15, 0.2) is 5.82 Å². The van der Waals surface area contributed by atoms with Crippen molar-refractivity contribution < 1.29 is 0 Å². The first-order valence-corrected chi connectivity index (χ1v) is 6.93. The van der Waals surface area contributed by atoms with Gasteiger partial charge in [-0.2, -0.15) is 0 Å². The van der Waals surface area contributed by atoms with E-state index in [2.05, 4.69) is 59.2 Å². The first-order valence-electron chi connectivity index (χ1n) is 6.14. The predicted octanol–water partition coefficient (Wildman–Crippen LogP) is 3.29. The van der Waals surface area contributed by atoms with Gasteiger partial charge in [0.05, 0.1) is 6.04 Å². The lowest BCUT2D eigenvalue weighted by molar-refractivity contribution is 0.243. The van der Waals surface area contributed by atoms with Crippen molar-refractivity contribution >= 4 is 21.6 Å². The molecule has 0 radical (unpaired) electrons. The average Bonchev–Trinajstić information content (AvgIpc) is 2.79. The maximum atomic E-state index is 5.91. The van der Waals surface area contributed by atoms with Gasteiger partial charge in [-0.25, -0.2) is 4.68 Å². The van der Waals surface area contributed by atoms with E-state index in [0.717, 1.165) is 15.9 Å². The van der Waals surface area contributed by atoms with Gasteiger partial charge in [-0.15, -0.1) is 5.10 Å². The molecule has 0 fully saturated rings. The molecular weight excluding hydrogens is 306 g/mol. The van der Waals surface area contributed by atoms with Crippen LogP contribution in [0.15, 0.2) is 22.7 Å². The SMILES string of the molecule is CC(n1nnnc1-c1ccc(Br)c(N)c1)C(C)(C)C. The first-order chi connectivity index (χ1) is 8.80. The summed E-state index contributed by atoms with van der Waals surface area (Å²) in [5.41, 5.74) is 7.58. The quantitative estimate of drug-likeness (QED) is 0.861. The Kier molecular flexibility index (Phi) is 3.62. The maximum Gasteiger partial charge on any atom is 0.182 e. The Balaban J connectivity index is 2.47. The zero-order valence-corrected chi connectivity index (χ0v) is 13.1. The van der Waals surface area contributed by atoms with E-state index in [-0.39, 0.29) is 11.5 Å². The molecule has 1 aromatic carbocycles.